The summed E-state index contributed by atoms with van der Waals surface area (Å²) >= 11 is 5.63. The lowest BCUT2D eigenvalue weighted by atomic mass is 10.3. The van der Waals surface area contributed by atoms with Crippen molar-refractivity contribution in [2.45, 2.75) is 6.42 Å². The molecule has 0 heterocycles. The summed E-state index contributed by atoms with van der Waals surface area (Å²) in [6, 6.07) is 11.0. The zero-order chi connectivity index (χ0) is 15.2. The van der Waals surface area contributed by atoms with Crippen molar-refractivity contribution in [1.82, 2.24) is 0 Å². The molecular formula is C15H14ClFN2O2. The largest absolute Gasteiger partial charge is 0.493 e. The summed E-state index contributed by atoms with van der Waals surface area (Å²) in [4.78, 5) is 11.7. The molecule has 6 heteroatoms. The second-order valence-electron chi connectivity index (χ2n) is 4.34. The first-order chi connectivity index (χ1) is 10.0. The normalized spacial score (nSPS) is 10.2. The molecule has 3 N–H and O–H groups in total. The van der Waals surface area contributed by atoms with Crippen LogP contribution >= 0.6 is 11.6 Å². The highest BCUT2D eigenvalue weighted by molar-refractivity contribution is 6.30. The van der Waals surface area contributed by atoms with Gasteiger partial charge in [0.25, 0.3) is 0 Å². The first-order valence-corrected chi connectivity index (χ1v) is 6.65. The van der Waals surface area contributed by atoms with E-state index in [4.69, 9.17) is 22.1 Å². The second-order valence-corrected chi connectivity index (χ2v) is 4.78. The zero-order valence-corrected chi connectivity index (χ0v) is 11.9. The third kappa shape index (κ3) is 4.65. The average molecular weight is 309 g/mol. The predicted molar refractivity (Wildman–Crippen MR) is 81.0 cm³/mol. The van der Waals surface area contributed by atoms with Gasteiger partial charge in [-0.2, -0.15) is 0 Å². The molecule has 110 valence electrons. The van der Waals surface area contributed by atoms with Crippen LogP contribution in [0.4, 0.5) is 15.8 Å². The number of nitrogen functional groups attached to an aromatic ring is 1. The minimum atomic E-state index is -0.576. The Kier molecular flexibility index (Phi) is 5.00. The maximum Gasteiger partial charge on any atom is 0.227 e. The summed E-state index contributed by atoms with van der Waals surface area (Å²) in [5.41, 5.74) is 6.28. The van der Waals surface area contributed by atoms with Crippen molar-refractivity contribution in [3.63, 3.8) is 0 Å². The van der Waals surface area contributed by atoms with E-state index in [2.05, 4.69) is 5.32 Å². The standard InChI is InChI=1S/C15H14ClFN2O2/c16-10-4-5-14(13(17)8-10)19-15(20)6-7-21-12-3-1-2-11(18)9-12/h1-5,8-9H,6-7,18H2,(H,19,20). The Hall–Kier alpha value is -2.27. The molecule has 0 bridgehead atoms. The van der Waals surface area contributed by atoms with E-state index in [1.807, 2.05) is 0 Å². The Morgan fingerprint density at radius 1 is 1.29 bits per heavy atom. The first-order valence-electron chi connectivity index (χ1n) is 6.28. The van der Waals surface area contributed by atoms with E-state index < -0.39 is 5.82 Å². The Bertz CT molecular complexity index is 649. The Morgan fingerprint density at radius 3 is 2.81 bits per heavy atom. The van der Waals surface area contributed by atoms with Crippen molar-refractivity contribution in [1.29, 1.82) is 0 Å². The van der Waals surface area contributed by atoms with Gasteiger partial charge in [0.05, 0.1) is 18.7 Å². The minimum absolute atomic E-state index is 0.0911. The minimum Gasteiger partial charge on any atom is -0.493 e. The molecule has 0 spiro atoms. The summed E-state index contributed by atoms with van der Waals surface area (Å²) in [7, 11) is 0. The van der Waals surface area contributed by atoms with Crippen molar-refractivity contribution >= 4 is 28.9 Å². The highest BCUT2D eigenvalue weighted by atomic mass is 35.5. The van der Waals surface area contributed by atoms with Crippen LogP contribution in [-0.2, 0) is 4.79 Å². The molecule has 2 aromatic rings. The highest BCUT2D eigenvalue weighted by Gasteiger charge is 2.07. The fourth-order valence-electron chi connectivity index (χ4n) is 1.67. The number of nitrogens with one attached hydrogen (secondary N) is 1. The smallest absolute Gasteiger partial charge is 0.227 e. The van der Waals surface area contributed by atoms with E-state index in [0.29, 0.717) is 11.4 Å². The van der Waals surface area contributed by atoms with Gasteiger partial charge >= 0.3 is 0 Å². The molecule has 0 aliphatic carbocycles. The number of ether oxygens (including phenoxy) is 1. The van der Waals surface area contributed by atoms with Gasteiger partial charge in [0.15, 0.2) is 0 Å². The van der Waals surface area contributed by atoms with Gasteiger partial charge < -0.3 is 15.8 Å². The lowest BCUT2D eigenvalue weighted by Crippen LogP contribution is -2.16. The van der Waals surface area contributed by atoms with E-state index in [1.165, 1.54) is 12.1 Å². The third-order valence-electron chi connectivity index (χ3n) is 2.66. The number of anilines is 2. The van der Waals surface area contributed by atoms with E-state index >= 15 is 0 Å². The molecule has 0 unspecified atom stereocenters. The molecule has 2 rings (SSSR count). The van der Waals surface area contributed by atoms with Crippen LogP contribution in [0.1, 0.15) is 6.42 Å². The van der Waals surface area contributed by atoms with Crippen LogP contribution in [0.5, 0.6) is 5.75 Å². The zero-order valence-electron chi connectivity index (χ0n) is 11.1. The van der Waals surface area contributed by atoms with E-state index in [9.17, 15) is 9.18 Å². The first kappa shape index (κ1) is 15.1. The van der Waals surface area contributed by atoms with Gasteiger partial charge in [-0.05, 0) is 30.3 Å². The molecule has 1 amide bonds. The van der Waals surface area contributed by atoms with Crippen molar-refractivity contribution in [3.8, 4) is 5.75 Å². The number of hydrogen-bond acceptors (Lipinski definition) is 3. The topological polar surface area (TPSA) is 64.3 Å². The Balaban J connectivity index is 1.82. The number of carbonyl (C=O) groups excluding carboxylic acids is 1. The lowest BCUT2D eigenvalue weighted by molar-refractivity contribution is -0.116. The lowest BCUT2D eigenvalue weighted by Gasteiger charge is -2.08. The second kappa shape index (κ2) is 6.95. The molecule has 0 radical (unpaired) electrons. The van der Waals surface area contributed by atoms with Gasteiger partial charge in [-0.3, -0.25) is 4.79 Å². The molecule has 0 aromatic heterocycles. The molecule has 0 aliphatic heterocycles. The molecular weight excluding hydrogens is 295 g/mol. The van der Waals surface area contributed by atoms with Crippen molar-refractivity contribution in [2.24, 2.45) is 0 Å². The SMILES string of the molecule is Nc1cccc(OCCC(=O)Nc2ccc(Cl)cc2F)c1. The van der Waals surface area contributed by atoms with Gasteiger partial charge in [-0.25, -0.2) is 4.39 Å². The summed E-state index contributed by atoms with van der Waals surface area (Å²) in [6.45, 7) is 0.171. The number of nitrogens with two attached hydrogens (primary N) is 1. The molecule has 4 nitrogen and oxygen atoms in total. The van der Waals surface area contributed by atoms with E-state index in [-0.39, 0.29) is 29.6 Å². The summed E-state index contributed by atoms with van der Waals surface area (Å²) in [5, 5.41) is 2.73. The number of carbonyl (C=O) groups is 1. The van der Waals surface area contributed by atoms with Gasteiger partial charge in [-0.15, -0.1) is 0 Å². The van der Waals surface area contributed by atoms with Crippen LogP contribution in [0.2, 0.25) is 5.02 Å². The van der Waals surface area contributed by atoms with E-state index in [0.717, 1.165) is 6.07 Å². The molecule has 0 atom stereocenters. The maximum absolute atomic E-state index is 13.5. The molecule has 2 aromatic carbocycles. The van der Waals surface area contributed by atoms with Crippen LogP contribution in [0, 0.1) is 5.82 Å². The molecule has 21 heavy (non-hydrogen) atoms. The number of halogens is 2. The van der Waals surface area contributed by atoms with Gasteiger partial charge in [-0.1, -0.05) is 17.7 Å². The molecule has 0 aliphatic rings. The van der Waals surface area contributed by atoms with E-state index in [1.54, 1.807) is 24.3 Å². The number of rotatable bonds is 5. The highest BCUT2D eigenvalue weighted by Crippen LogP contribution is 2.19. The molecule has 0 saturated heterocycles. The Labute approximate surface area is 126 Å². The van der Waals surface area contributed by atoms with Gasteiger partial charge in [0.1, 0.15) is 11.6 Å². The summed E-state index contributed by atoms with van der Waals surface area (Å²) in [5.74, 6) is -0.340. The number of hydrogen-bond donors (Lipinski definition) is 2. The summed E-state index contributed by atoms with van der Waals surface area (Å²) in [6.07, 6.45) is 0.0941. The monoisotopic (exact) mass is 308 g/mol. The van der Waals surface area contributed by atoms with Gasteiger partial charge in [0.2, 0.25) is 5.91 Å². The van der Waals surface area contributed by atoms with Crippen LogP contribution in [-0.4, -0.2) is 12.5 Å². The van der Waals surface area contributed by atoms with Crippen molar-refractivity contribution in [2.75, 3.05) is 17.7 Å². The van der Waals surface area contributed by atoms with Crippen molar-refractivity contribution in [3.05, 3.63) is 53.3 Å². The third-order valence-corrected chi connectivity index (χ3v) is 2.90. The predicted octanol–water partition coefficient (Wildman–Crippen LogP) is 3.47. The summed E-state index contributed by atoms with van der Waals surface area (Å²) < 4.78 is 18.9. The number of amides is 1. The fraction of sp³-hybridized carbons (Fsp3) is 0.133. The van der Waals surface area contributed by atoms with Crippen LogP contribution in [0.3, 0.4) is 0 Å². The van der Waals surface area contributed by atoms with Crippen LogP contribution in [0.25, 0.3) is 0 Å². The van der Waals surface area contributed by atoms with Crippen LogP contribution < -0.4 is 15.8 Å². The van der Waals surface area contributed by atoms with Gasteiger partial charge in [0, 0.05) is 16.8 Å². The number of benzene rings is 2. The van der Waals surface area contributed by atoms with Crippen molar-refractivity contribution < 1.29 is 13.9 Å². The maximum atomic E-state index is 13.5. The Morgan fingerprint density at radius 2 is 2.10 bits per heavy atom. The van der Waals surface area contributed by atoms with Crippen LogP contribution in [0.15, 0.2) is 42.5 Å². The molecule has 0 fully saturated rings. The quantitative estimate of drug-likeness (QED) is 0.831. The fourth-order valence-corrected chi connectivity index (χ4v) is 1.83. The average Bonchev–Trinajstić information content (AvgIpc) is 2.42. The molecule has 0 saturated carbocycles.